The van der Waals surface area contributed by atoms with Crippen LogP contribution >= 0.6 is 0 Å². The maximum atomic E-state index is 3.55. The molecule has 1 N–H and O–H groups in total. The zero-order valence-corrected chi connectivity index (χ0v) is 11.2. The summed E-state index contributed by atoms with van der Waals surface area (Å²) in [5.41, 5.74) is 0.585. The van der Waals surface area contributed by atoms with Crippen molar-refractivity contribution in [3.8, 4) is 0 Å². The first-order valence-electron chi connectivity index (χ1n) is 7.48. The van der Waals surface area contributed by atoms with Crippen LogP contribution in [0, 0.1) is 5.41 Å². The fraction of sp³-hybridized carbons (Fsp3) is 1.00. The molecule has 0 spiro atoms. The minimum Gasteiger partial charge on any atom is -0.316 e. The number of hydrogen-bond acceptors (Lipinski definition) is 3. The van der Waals surface area contributed by atoms with Gasteiger partial charge >= 0.3 is 0 Å². The van der Waals surface area contributed by atoms with Gasteiger partial charge in [0.1, 0.15) is 0 Å². The highest BCUT2D eigenvalue weighted by Crippen LogP contribution is 2.32. The summed E-state index contributed by atoms with van der Waals surface area (Å²) in [6.45, 7) is 11.4. The Bertz CT molecular complexity index is 248. The molecule has 2 heterocycles. The normalized spacial score (nSPS) is 36.5. The van der Waals surface area contributed by atoms with E-state index >= 15 is 0 Å². The maximum absolute atomic E-state index is 3.55. The van der Waals surface area contributed by atoms with Gasteiger partial charge in [0.25, 0.3) is 0 Å². The average Bonchev–Trinajstić information content (AvgIpc) is 3.11. The Morgan fingerprint density at radius 3 is 2.47 bits per heavy atom. The Morgan fingerprint density at radius 1 is 1.18 bits per heavy atom. The number of nitrogens with zero attached hydrogens (tertiary/aromatic N) is 2. The molecule has 0 bridgehead atoms. The van der Waals surface area contributed by atoms with Gasteiger partial charge in [0.2, 0.25) is 0 Å². The Kier molecular flexibility index (Phi) is 3.42. The van der Waals surface area contributed by atoms with Crippen LogP contribution in [0.15, 0.2) is 0 Å². The Morgan fingerprint density at radius 2 is 1.94 bits per heavy atom. The van der Waals surface area contributed by atoms with Gasteiger partial charge in [-0.2, -0.15) is 0 Å². The van der Waals surface area contributed by atoms with Gasteiger partial charge in [0, 0.05) is 45.3 Å². The lowest BCUT2D eigenvalue weighted by Gasteiger charge is -2.39. The lowest BCUT2D eigenvalue weighted by molar-refractivity contribution is 0.0853. The number of hydrogen-bond donors (Lipinski definition) is 1. The predicted molar refractivity (Wildman–Crippen MR) is 71.2 cm³/mol. The zero-order valence-electron chi connectivity index (χ0n) is 11.2. The number of rotatable bonds is 4. The van der Waals surface area contributed by atoms with E-state index in [1.54, 1.807) is 0 Å². The van der Waals surface area contributed by atoms with Crippen LogP contribution < -0.4 is 5.32 Å². The van der Waals surface area contributed by atoms with Crippen molar-refractivity contribution in [2.75, 3.05) is 45.8 Å². The van der Waals surface area contributed by atoms with E-state index in [1.165, 1.54) is 71.5 Å². The fourth-order valence-electron chi connectivity index (χ4n) is 3.54. The Balaban J connectivity index is 1.49. The van der Waals surface area contributed by atoms with Crippen LogP contribution in [0.4, 0.5) is 0 Å². The highest BCUT2D eigenvalue weighted by Gasteiger charge is 2.36. The molecule has 2 aliphatic heterocycles. The molecule has 0 aromatic carbocycles. The second-order valence-corrected chi connectivity index (χ2v) is 6.32. The highest BCUT2D eigenvalue weighted by atomic mass is 15.3. The summed E-state index contributed by atoms with van der Waals surface area (Å²) in [5, 5.41) is 3.55. The second-order valence-electron chi connectivity index (χ2n) is 6.32. The molecular weight excluding hydrogens is 210 g/mol. The van der Waals surface area contributed by atoms with Crippen molar-refractivity contribution in [2.24, 2.45) is 5.41 Å². The van der Waals surface area contributed by atoms with Crippen molar-refractivity contribution in [3.63, 3.8) is 0 Å². The lowest BCUT2D eigenvalue weighted by Crippen LogP contribution is -2.50. The van der Waals surface area contributed by atoms with Crippen molar-refractivity contribution in [1.82, 2.24) is 15.1 Å². The first-order chi connectivity index (χ1) is 8.31. The molecule has 17 heavy (non-hydrogen) atoms. The molecule has 0 aromatic heterocycles. The molecule has 0 amide bonds. The summed E-state index contributed by atoms with van der Waals surface area (Å²) in [6.07, 6.45) is 5.64. The molecule has 3 aliphatic rings. The van der Waals surface area contributed by atoms with Crippen LogP contribution in [-0.4, -0.2) is 61.7 Å². The quantitative estimate of drug-likeness (QED) is 0.791. The van der Waals surface area contributed by atoms with E-state index in [-0.39, 0.29) is 0 Å². The molecule has 2 saturated heterocycles. The van der Waals surface area contributed by atoms with Crippen LogP contribution in [0.25, 0.3) is 0 Å². The van der Waals surface area contributed by atoms with E-state index in [4.69, 9.17) is 0 Å². The van der Waals surface area contributed by atoms with Crippen molar-refractivity contribution < 1.29 is 0 Å². The van der Waals surface area contributed by atoms with Crippen molar-refractivity contribution in [2.45, 2.75) is 38.6 Å². The summed E-state index contributed by atoms with van der Waals surface area (Å²) in [7, 11) is 0. The predicted octanol–water partition coefficient (Wildman–Crippen LogP) is 1.16. The maximum Gasteiger partial charge on any atom is 0.0113 e. The van der Waals surface area contributed by atoms with E-state index in [0.29, 0.717) is 5.41 Å². The van der Waals surface area contributed by atoms with Crippen LogP contribution in [0.3, 0.4) is 0 Å². The van der Waals surface area contributed by atoms with Gasteiger partial charge in [-0.25, -0.2) is 0 Å². The smallest absolute Gasteiger partial charge is 0.0113 e. The van der Waals surface area contributed by atoms with Crippen LogP contribution in [0.1, 0.15) is 32.6 Å². The first-order valence-corrected chi connectivity index (χ1v) is 7.48. The molecule has 1 aliphatic carbocycles. The molecule has 0 radical (unpaired) electrons. The summed E-state index contributed by atoms with van der Waals surface area (Å²) in [6, 6.07) is 0.963. The van der Waals surface area contributed by atoms with Gasteiger partial charge in [0.05, 0.1) is 0 Å². The Labute approximate surface area is 106 Å². The zero-order chi connectivity index (χ0) is 11.7. The van der Waals surface area contributed by atoms with Crippen molar-refractivity contribution in [1.29, 1.82) is 0 Å². The minimum atomic E-state index is 0.585. The van der Waals surface area contributed by atoms with Gasteiger partial charge in [-0.1, -0.05) is 6.92 Å². The van der Waals surface area contributed by atoms with Gasteiger partial charge in [-0.15, -0.1) is 0 Å². The molecule has 3 fully saturated rings. The molecule has 3 nitrogen and oxygen atoms in total. The first kappa shape index (κ1) is 11.9. The summed E-state index contributed by atoms with van der Waals surface area (Å²) >= 11 is 0. The standard InChI is InChI=1S/C14H27N3/c1-2-14(5-6-15-11-14)12-16-7-9-17(10-8-16)13-3-4-13/h13,15H,2-12H2,1H3. The van der Waals surface area contributed by atoms with Crippen molar-refractivity contribution in [3.05, 3.63) is 0 Å². The second kappa shape index (κ2) is 4.87. The third-order valence-electron chi connectivity index (χ3n) is 5.11. The number of nitrogens with one attached hydrogen (secondary N) is 1. The highest BCUT2D eigenvalue weighted by molar-refractivity contribution is 4.92. The number of piperazine rings is 1. The van der Waals surface area contributed by atoms with Gasteiger partial charge in [-0.3, -0.25) is 4.90 Å². The molecule has 3 heteroatoms. The molecule has 1 unspecified atom stereocenters. The lowest BCUT2D eigenvalue weighted by atomic mass is 9.83. The fourth-order valence-corrected chi connectivity index (χ4v) is 3.54. The molecular formula is C14H27N3. The largest absolute Gasteiger partial charge is 0.316 e. The van der Waals surface area contributed by atoms with E-state index in [2.05, 4.69) is 22.0 Å². The minimum absolute atomic E-state index is 0.585. The molecule has 0 aromatic rings. The summed E-state index contributed by atoms with van der Waals surface area (Å²) in [4.78, 5) is 5.43. The third-order valence-corrected chi connectivity index (χ3v) is 5.11. The molecule has 3 rings (SSSR count). The van der Waals surface area contributed by atoms with Crippen LogP contribution in [-0.2, 0) is 0 Å². The third kappa shape index (κ3) is 2.67. The average molecular weight is 237 g/mol. The SMILES string of the molecule is CCC1(CN2CCN(C3CC3)CC2)CCNC1. The van der Waals surface area contributed by atoms with Crippen molar-refractivity contribution >= 4 is 0 Å². The molecule has 98 valence electrons. The van der Waals surface area contributed by atoms with Crippen LogP contribution in [0.5, 0.6) is 0 Å². The topological polar surface area (TPSA) is 18.5 Å². The van der Waals surface area contributed by atoms with Gasteiger partial charge in [0.15, 0.2) is 0 Å². The summed E-state index contributed by atoms with van der Waals surface area (Å²) in [5.74, 6) is 0. The van der Waals surface area contributed by atoms with Gasteiger partial charge < -0.3 is 10.2 Å². The van der Waals surface area contributed by atoms with E-state index in [0.717, 1.165) is 6.04 Å². The molecule has 1 saturated carbocycles. The monoisotopic (exact) mass is 237 g/mol. The summed E-state index contributed by atoms with van der Waals surface area (Å²) < 4.78 is 0. The van der Waals surface area contributed by atoms with E-state index < -0.39 is 0 Å². The van der Waals surface area contributed by atoms with Crippen LogP contribution in [0.2, 0.25) is 0 Å². The van der Waals surface area contributed by atoms with Gasteiger partial charge in [-0.05, 0) is 37.6 Å². The Hall–Kier alpha value is -0.120. The van der Waals surface area contributed by atoms with E-state index in [9.17, 15) is 0 Å². The molecule has 1 atom stereocenters. The van der Waals surface area contributed by atoms with E-state index in [1.807, 2.05) is 0 Å².